The lowest BCUT2D eigenvalue weighted by Gasteiger charge is -2.41. The van der Waals surface area contributed by atoms with Crippen molar-refractivity contribution < 1.29 is 13.2 Å². The molecular weight excluding hydrogens is 536 g/mol. The number of benzene rings is 1. The Morgan fingerprint density at radius 3 is 2.32 bits per heavy atom. The van der Waals surface area contributed by atoms with Crippen molar-refractivity contribution in [3.05, 3.63) is 30.0 Å². The Labute approximate surface area is 245 Å². The van der Waals surface area contributed by atoms with E-state index in [-0.39, 0.29) is 18.0 Å². The number of nitrogens with one attached hydrogen (secondary N) is 1. The first-order valence-electron chi connectivity index (χ1n) is 16.0. The van der Waals surface area contributed by atoms with Gasteiger partial charge in [0.2, 0.25) is 10.0 Å². The zero-order valence-electron chi connectivity index (χ0n) is 24.9. The molecule has 3 atom stereocenters. The number of hydrogen-bond donors (Lipinski definition) is 1. The number of nitrogens with zero attached hydrogens (tertiary/aromatic N) is 5. The highest BCUT2D eigenvalue weighted by Gasteiger charge is 2.41. The lowest BCUT2D eigenvalue weighted by Crippen LogP contribution is -2.54. The van der Waals surface area contributed by atoms with Gasteiger partial charge in [-0.1, -0.05) is 37.5 Å². The van der Waals surface area contributed by atoms with Gasteiger partial charge in [0.05, 0.1) is 11.3 Å². The standard InChI is InChI=1S/C31H48N6O3S/c1-23(2)37-29-11-7-6-10-28(29)30(33-37)31(38)32-25-20-26-12-13-27(21-25)36(26)19-16-34-14-17-35(18-15-34)41(39,40)22-24-8-4-3-5-9-24/h6-7,10-11,23-27H,3-5,8-9,12-22H2,1-2H3,(H,32,38)/t25?,26-,27+. The second kappa shape index (κ2) is 12.3. The molecule has 6 rings (SSSR count). The smallest absolute Gasteiger partial charge is 0.272 e. The number of para-hydroxylation sites is 1. The van der Waals surface area contributed by atoms with Crippen molar-refractivity contribution in [2.75, 3.05) is 45.0 Å². The van der Waals surface area contributed by atoms with Gasteiger partial charge in [-0.2, -0.15) is 9.40 Å². The summed E-state index contributed by atoms with van der Waals surface area (Å²) in [5.74, 6) is 0.638. The van der Waals surface area contributed by atoms with Gasteiger partial charge in [0, 0.05) is 68.8 Å². The van der Waals surface area contributed by atoms with Crippen LogP contribution < -0.4 is 5.32 Å². The second-order valence-corrected chi connectivity index (χ2v) is 15.2. The summed E-state index contributed by atoms with van der Waals surface area (Å²) in [6.07, 6.45) is 10.1. The van der Waals surface area contributed by atoms with E-state index in [2.05, 4.69) is 29.0 Å². The van der Waals surface area contributed by atoms with E-state index in [4.69, 9.17) is 5.10 Å². The summed E-state index contributed by atoms with van der Waals surface area (Å²) in [6, 6.07) is 9.37. The lowest BCUT2D eigenvalue weighted by atomic mass is 9.91. The van der Waals surface area contributed by atoms with E-state index in [1.807, 2.05) is 28.9 Å². The third kappa shape index (κ3) is 6.36. The molecule has 10 heteroatoms. The number of aromatic nitrogens is 2. The van der Waals surface area contributed by atoms with E-state index < -0.39 is 10.0 Å². The summed E-state index contributed by atoms with van der Waals surface area (Å²) in [4.78, 5) is 18.5. The van der Waals surface area contributed by atoms with Gasteiger partial charge in [-0.3, -0.25) is 19.3 Å². The Morgan fingerprint density at radius 2 is 1.63 bits per heavy atom. The van der Waals surface area contributed by atoms with Crippen LogP contribution in [-0.4, -0.2) is 101 Å². The van der Waals surface area contributed by atoms with E-state index in [0.29, 0.717) is 42.5 Å². The van der Waals surface area contributed by atoms with Crippen LogP contribution in [0, 0.1) is 5.92 Å². The summed E-state index contributed by atoms with van der Waals surface area (Å²) in [5, 5.41) is 8.96. The molecule has 4 fully saturated rings. The predicted octanol–water partition coefficient (Wildman–Crippen LogP) is 3.87. The van der Waals surface area contributed by atoms with Crippen molar-refractivity contribution >= 4 is 26.8 Å². The number of fused-ring (bicyclic) bond motifs is 3. The number of carbonyl (C=O) groups excluding carboxylic acids is 1. The van der Waals surface area contributed by atoms with E-state index in [0.717, 1.165) is 62.8 Å². The monoisotopic (exact) mass is 584 g/mol. The zero-order chi connectivity index (χ0) is 28.6. The molecule has 3 aliphatic heterocycles. The Morgan fingerprint density at radius 1 is 0.951 bits per heavy atom. The summed E-state index contributed by atoms with van der Waals surface area (Å²) >= 11 is 0. The molecule has 0 spiro atoms. The first-order valence-corrected chi connectivity index (χ1v) is 17.6. The number of sulfonamides is 1. The first kappa shape index (κ1) is 29.1. The molecule has 1 unspecified atom stereocenters. The number of piperazine rings is 1. The molecule has 1 aromatic heterocycles. The Kier molecular flexibility index (Phi) is 8.73. The number of carbonyl (C=O) groups is 1. The largest absolute Gasteiger partial charge is 0.348 e. The summed E-state index contributed by atoms with van der Waals surface area (Å²) in [7, 11) is -3.14. The Bertz CT molecular complexity index is 1300. The molecule has 0 radical (unpaired) electrons. The first-order chi connectivity index (χ1) is 19.8. The molecule has 226 valence electrons. The molecule has 2 bridgehead atoms. The molecule has 4 heterocycles. The molecule has 4 aliphatic rings. The van der Waals surface area contributed by atoms with Gasteiger partial charge in [0.15, 0.2) is 5.69 Å². The van der Waals surface area contributed by atoms with Crippen LogP contribution in [0.2, 0.25) is 0 Å². The van der Waals surface area contributed by atoms with Crippen molar-refractivity contribution in [2.45, 2.75) is 95.8 Å². The van der Waals surface area contributed by atoms with E-state index in [1.54, 1.807) is 4.31 Å². The van der Waals surface area contributed by atoms with Gasteiger partial charge in [0.1, 0.15) is 0 Å². The fourth-order valence-electron chi connectivity index (χ4n) is 7.91. The summed E-state index contributed by atoms with van der Waals surface area (Å²) in [6.45, 7) is 9.08. The van der Waals surface area contributed by atoms with Crippen LogP contribution in [0.1, 0.15) is 88.2 Å². The van der Waals surface area contributed by atoms with Gasteiger partial charge < -0.3 is 5.32 Å². The zero-order valence-corrected chi connectivity index (χ0v) is 25.7. The van der Waals surface area contributed by atoms with Crippen molar-refractivity contribution in [3.63, 3.8) is 0 Å². The van der Waals surface area contributed by atoms with Crippen molar-refractivity contribution in [2.24, 2.45) is 5.92 Å². The minimum absolute atomic E-state index is 0.0604. The Balaban J connectivity index is 0.981. The number of hydrogen-bond acceptors (Lipinski definition) is 6. The minimum atomic E-state index is -3.14. The molecule has 9 nitrogen and oxygen atoms in total. The molecule has 1 aromatic carbocycles. The minimum Gasteiger partial charge on any atom is -0.348 e. The number of piperidine rings is 1. The van der Waals surface area contributed by atoms with Crippen molar-refractivity contribution in [1.29, 1.82) is 0 Å². The highest BCUT2D eigenvalue weighted by Crippen LogP contribution is 2.36. The van der Waals surface area contributed by atoms with Crippen LogP contribution in [0.25, 0.3) is 10.9 Å². The van der Waals surface area contributed by atoms with E-state index in [9.17, 15) is 13.2 Å². The molecule has 3 saturated heterocycles. The van der Waals surface area contributed by atoms with Gasteiger partial charge in [-0.15, -0.1) is 0 Å². The normalized spacial score (nSPS) is 27.1. The average Bonchev–Trinajstić information content (AvgIpc) is 3.47. The quantitative estimate of drug-likeness (QED) is 0.481. The van der Waals surface area contributed by atoms with Crippen LogP contribution in [0.4, 0.5) is 0 Å². The Hall–Kier alpha value is -2.01. The molecule has 41 heavy (non-hydrogen) atoms. The highest BCUT2D eigenvalue weighted by atomic mass is 32.2. The fraction of sp³-hybridized carbons (Fsp3) is 0.742. The summed E-state index contributed by atoms with van der Waals surface area (Å²) < 4.78 is 29.7. The molecule has 1 saturated carbocycles. The van der Waals surface area contributed by atoms with E-state index in [1.165, 1.54) is 32.1 Å². The SMILES string of the molecule is CC(C)n1nc(C(=O)NC2C[C@H]3CC[C@@H](C2)N3CCN2CCN(S(=O)(=O)CC3CCCCC3)CC2)c2ccccc21. The van der Waals surface area contributed by atoms with Gasteiger partial charge in [-0.05, 0) is 64.4 Å². The molecule has 2 aromatic rings. The van der Waals surface area contributed by atoms with Crippen LogP contribution in [0.15, 0.2) is 24.3 Å². The lowest BCUT2D eigenvalue weighted by molar-refractivity contribution is 0.0781. The number of amides is 1. The van der Waals surface area contributed by atoms with Crippen LogP contribution >= 0.6 is 0 Å². The fourth-order valence-corrected chi connectivity index (χ4v) is 9.77. The molecule has 1 aliphatic carbocycles. The van der Waals surface area contributed by atoms with Gasteiger partial charge in [0.25, 0.3) is 5.91 Å². The average molecular weight is 585 g/mol. The van der Waals surface area contributed by atoms with E-state index >= 15 is 0 Å². The maximum absolute atomic E-state index is 13.4. The molecule has 1 amide bonds. The predicted molar refractivity (Wildman–Crippen MR) is 162 cm³/mol. The third-order valence-electron chi connectivity index (χ3n) is 10.1. The summed E-state index contributed by atoms with van der Waals surface area (Å²) in [5.41, 5.74) is 1.54. The van der Waals surface area contributed by atoms with Crippen LogP contribution in [0.5, 0.6) is 0 Å². The van der Waals surface area contributed by atoms with Gasteiger partial charge >= 0.3 is 0 Å². The number of rotatable bonds is 9. The maximum Gasteiger partial charge on any atom is 0.272 e. The van der Waals surface area contributed by atoms with Gasteiger partial charge in [-0.25, -0.2) is 8.42 Å². The third-order valence-corrected chi connectivity index (χ3v) is 12.2. The topological polar surface area (TPSA) is 90.8 Å². The van der Waals surface area contributed by atoms with Crippen molar-refractivity contribution in [1.82, 2.24) is 29.2 Å². The molecule has 1 N–H and O–H groups in total. The van der Waals surface area contributed by atoms with Crippen LogP contribution in [-0.2, 0) is 10.0 Å². The highest BCUT2D eigenvalue weighted by molar-refractivity contribution is 7.89. The molecular formula is C31H48N6O3S. The van der Waals surface area contributed by atoms with Crippen molar-refractivity contribution in [3.8, 4) is 0 Å². The second-order valence-electron chi connectivity index (χ2n) is 13.2. The van der Waals surface area contributed by atoms with Crippen LogP contribution in [0.3, 0.4) is 0 Å². The maximum atomic E-state index is 13.4.